The molecule has 1 saturated heterocycles. The van der Waals surface area contributed by atoms with Crippen LogP contribution in [0.25, 0.3) is 0 Å². The molecule has 1 spiro atoms. The second-order valence-corrected chi connectivity index (χ2v) is 4.98. The van der Waals surface area contributed by atoms with Crippen LogP contribution in [0.3, 0.4) is 0 Å². The summed E-state index contributed by atoms with van der Waals surface area (Å²) in [5.74, 6) is -0.899. The standard InChI is InChI=1S/C12H19NO4/c1-2-13(8-10(14)15)11(16)9-7-12(9)3-5-17-6-4-12/h9H,2-8H2,1H3,(H,14,15)/t9-/m1/s1. The van der Waals surface area contributed by atoms with Crippen LogP contribution >= 0.6 is 0 Å². The van der Waals surface area contributed by atoms with E-state index in [0.29, 0.717) is 6.54 Å². The number of amides is 1. The van der Waals surface area contributed by atoms with Crippen molar-refractivity contribution in [1.82, 2.24) is 4.90 Å². The van der Waals surface area contributed by atoms with Gasteiger partial charge in [-0.3, -0.25) is 9.59 Å². The molecule has 1 heterocycles. The second kappa shape index (κ2) is 4.64. The Kier molecular flexibility index (Phi) is 3.38. The van der Waals surface area contributed by atoms with Crippen molar-refractivity contribution in [3.05, 3.63) is 0 Å². The van der Waals surface area contributed by atoms with E-state index in [9.17, 15) is 9.59 Å². The lowest BCUT2D eigenvalue weighted by atomic mass is 9.93. The van der Waals surface area contributed by atoms with Crippen molar-refractivity contribution in [3.63, 3.8) is 0 Å². The number of nitrogens with zero attached hydrogens (tertiary/aromatic N) is 1. The van der Waals surface area contributed by atoms with E-state index in [1.807, 2.05) is 6.92 Å². The van der Waals surface area contributed by atoms with Gasteiger partial charge in [-0.05, 0) is 31.6 Å². The van der Waals surface area contributed by atoms with E-state index in [1.165, 1.54) is 4.90 Å². The maximum atomic E-state index is 12.2. The summed E-state index contributed by atoms with van der Waals surface area (Å²) in [5.41, 5.74) is 0.126. The summed E-state index contributed by atoms with van der Waals surface area (Å²) in [6.07, 6.45) is 2.79. The largest absolute Gasteiger partial charge is 0.480 e. The Hall–Kier alpha value is -1.10. The molecule has 1 aliphatic heterocycles. The predicted molar refractivity (Wildman–Crippen MR) is 60.5 cm³/mol. The van der Waals surface area contributed by atoms with Gasteiger partial charge in [0.15, 0.2) is 0 Å². The molecule has 1 aliphatic carbocycles. The van der Waals surface area contributed by atoms with Crippen LogP contribution in [0, 0.1) is 11.3 Å². The van der Waals surface area contributed by atoms with E-state index in [2.05, 4.69) is 0 Å². The van der Waals surface area contributed by atoms with Crippen molar-refractivity contribution < 1.29 is 19.4 Å². The first-order valence-corrected chi connectivity index (χ1v) is 6.17. The third kappa shape index (κ3) is 2.44. The van der Waals surface area contributed by atoms with Gasteiger partial charge in [0, 0.05) is 25.7 Å². The third-order valence-corrected chi connectivity index (χ3v) is 4.00. The van der Waals surface area contributed by atoms with E-state index in [-0.39, 0.29) is 23.8 Å². The average Bonchev–Trinajstić information content (AvgIpc) is 2.99. The number of carbonyl (C=O) groups excluding carboxylic acids is 1. The Morgan fingerprint density at radius 3 is 2.59 bits per heavy atom. The molecule has 17 heavy (non-hydrogen) atoms. The molecule has 0 aromatic heterocycles. The smallest absolute Gasteiger partial charge is 0.323 e. The minimum Gasteiger partial charge on any atom is -0.480 e. The van der Waals surface area contributed by atoms with Gasteiger partial charge in [0.1, 0.15) is 6.54 Å². The summed E-state index contributed by atoms with van der Waals surface area (Å²) in [4.78, 5) is 24.3. The number of rotatable bonds is 4. The first-order chi connectivity index (χ1) is 8.09. The van der Waals surface area contributed by atoms with Gasteiger partial charge in [0.25, 0.3) is 0 Å². The highest BCUT2D eigenvalue weighted by Gasteiger charge is 2.58. The van der Waals surface area contributed by atoms with Crippen molar-refractivity contribution >= 4 is 11.9 Å². The number of carbonyl (C=O) groups is 2. The summed E-state index contributed by atoms with van der Waals surface area (Å²) in [6.45, 7) is 3.57. The van der Waals surface area contributed by atoms with Crippen molar-refractivity contribution in [2.24, 2.45) is 11.3 Å². The highest BCUT2D eigenvalue weighted by molar-refractivity contribution is 5.85. The van der Waals surface area contributed by atoms with Crippen LogP contribution in [-0.2, 0) is 14.3 Å². The minimum absolute atomic E-state index is 0.0109. The first kappa shape index (κ1) is 12.4. The molecule has 1 saturated carbocycles. The quantitative estimate of drug-likeness (QED) is 0.788. The molecular formula is C12H19NO4. The number of aliphatic carboxylic acids is 1. The van der Waals surface area contributed by atoms with Gasteiger partial charge in [-0.2, -0.15) is 0 Å². The maximum absolute atomic E-state index is 12.2. The monoisotopic (exact) mass is 241 g/mol. The van der Waals surface area contributed by atoms with Crippen LogP contribution in [-0.4, -0.2) is 48.2 Å². The van der Waals surface area contributed by atoms with Crippen molar-refractivity contribution in [3.8, 4) is 0 Å². The highest BCUT2D eigenvalue weighted by atomic mass is 16.5. The predicted octanol–water partition coefficient (Wildman–Crippen LogP) is 0.736. The lowest BCUT2D eigenvalue weighted by Gasteiger charge is -2.25. The molecule has 0 bridgehead atoms. The van der Waals surface area contributed by atoms with Crippen molar-refractivity contribution in [1.29, 1.82) is 0 Å². The molecule has 5 heteroatoms. The molecule has 0 aromatic rings. The average molecular weight is 241 g/mol. The Bertz CT molecular complexity index is 322. The zero-order valence-corrected chi connectivity index (χ0v) is 10.1. The fourth-order valence-electron chi connectivity index (χ4n) is 2.76. The van der Waals surface area contributed by atoms with E-state index >= 15 is 0 Å². The fraction of sp³-hybridized carbons (Fsp3) is 0.833. The Labute approximate surface area is 101 Å². The summed E-state index contributed by atoms with van der Waals surface area (Å²) < 4.78 is 5.31. The van der Waals surface area contributed by atoms with Crippen LogP contribution in [0.2, 0.25) is 0 Å². The van der Waals surface area contributed by atoms with E-state index < -0.39 is 5.97 Å². The molecule has 0 radical (unpaired) electrons. The highest BCUT2D eigenvalue weighted by Crippen LogP contribution is 2.59. The lowest BCUT2D eigenvalue weighted by molar-refractivity contribution is -0.145. The molecule has 2 rings (SSSR count). The Morgan fingerprint density at radius 2 is 2.06 bits per heavy atom. The summed E-state index contributed by atoms with van der Waals surface area (Å²) >= 11 is 0. The van der Waals surface area contributed by atoms with Gasteiger partial charge in [0.2, 0.25) is 5.91 Å². The topological polar surface area (TPSA) is 66.8 Å². The molecule has 0 unspecified atom stereocenters. The molecule has 1 amide bonds. The number of likely N-dealkylation sites (N-methyl/N-ethyl adjacent to an activating group) is 1. The summed E-state index contributed by atoms with van der Waals surface area (Å²) in [6, 6.07) is 0. The number of carboxylic acid groups (broad SMARTS) is 1. The fourth-order valence-corrected chi connectivity index (χ4v) is 2.76. The number of hydrogen-bond donors (Lipinski definition) is 1. The second-order valence-electron chi connectivity index (χ2n) is 4.98. The van der Waals surface area contributed by atoms with Gasteiger partial charge in [-0.15, -0.1) is 0 Å². The lowest BCUT2D eigenvalue weighted by Crippen LogP contribution is -2.38. The molecule has 2 aliphatic rings. The van der Waals surface area contributed by atoms with Crippen LogP contribution in [0.1, 0.15) is 26.2 Å². The maximum Gasteiger partial charge on any atom is 0.323 e. The Balaban J connectivity index is 1.94. The number of hydrogen-bond acceptors (Lipinski definition) is 3. The summed E-state index contributed by atoms with van der Waals surface area (Å²) in [5, 5.41) is 8.75. The summed E-state index contributed by atoms with van der Waals surface area (Å²) in [7, 11) is 0. The molecule has 1 N–H and O–H groups in total. The number of carboxylic acids is 1. The van der Waals surface area contributed by atoms with Crippen LogP contribution in [0.5, 0.6) is 0 Å². The normalized spacial score (nSPS) is 25.6. The zero-order chi connectivity index (χ0) is 12.5. The molecule has 0 aromatic carbocycles. The zero-order valence-electron chi connectivity index (χ0n) is 10.1. The van der Waals surface area contributed by atoms with Crippen LogP contribution in [0.4, 0.5) is 0 Å². The van der Waals surface area contributed by atoms with Crippen LogP contribution < -0.4 is 0 Å². The molecule has 5 nitrogen and oxygen atoms in total. The van der Waals surface area contributed by atoms with Crippen molar-refractivity contribution in [2.45, 2.75) is 26.2 Å². The Morgan fingerprint density at radius 1 is 1.41 bits per heavy atom. The van der Waals surface area contributed by atoms with Crippen LogP contribution in [0.15, 0.2) is 0 Å². The van der Waals surface area contributed by atoms with E-state index in [0.717, 1.165) is 32.5 Å². The van der Waals surface area contributed by atoms with E-state index in [1.54, 1.807) is 0 Å². The minimum atomic E-state index is -0.943. The van der Waals surface area contributed by atoms with Gasteiger partial charge in [0.05, 0.1) is 0 Å². The SMILES string of the molecule is CCN(CC(=O)O)C(=O)[C@H]1CC12CCOCC2. The van der Waals surface area contributed by atoms with E-state index in [4.69, 9.17) is 9.84 Å². The van der Waals surface area contributed by atoms with Gasteiger partial charge >= 0.3 is 5.97 Å². The van der Waals surface area contributed by atoms with Gasteiger partial charge in [-0.25, -0.2) is 0 Å². The molecular weight excluding hydrogens is 222 g/mol. The first-order valence-electron chi connectivity index (χ1n) is 6.17. The van der Waals surface area contributed by atoms with Crippen molar-refractivity contribution in [2.75, 3.05) is 26.3 Å². The van der Waals surface area contributed by atoms with Gasteiger partial charge < -0.3 is 14.7 Å². The third-order valence-electron chi connectivity index (χ3n) is 4.00. The molecule has 1 atom stereocenters. The molecule has 96 valence electrons. The molecule has 2 fully saturated rings. The van der Waals surface area contributed by atoms with Gasteiger partial charge in [-0.1, -0.05) is 0 Å². The number of ether oxygens (including phenoxy) is 1.